The Bertz CT molecular complexity index is 1110. The van der Waals surface area contributed by atoms with E-state index >= 15 is 0 Å². The SMILES string of the molecule is CC[C@@]1(O)CCC[C@@]2(C)[C@@H](CC[C@@H]3[C@@H]2CC[C@]2(C)[C@@H]([C@H](C)CC[C@@](C)(O[Si](C)(C)c4ccccc4)C(F)(F)F)CC[C@@H]32)C1. The topological polar surface area (TPSA) is 29.5 Å². The van der Waals surface area contributed by atoms with Gasteiger partial charge in [0.2, 0.25) is 8.32 Å². The molecule has 10 atom stereocenters. The Morgan fingerprint density at radius 3 is 2.28 bits per heavy atom. The molecule has 4 aliphatic carbocycles. The van der Waals surface area contributed by atoms with Crippen LogP contribution in [0.15, 0.2) is 30.3 Å². The highest BCUT2D eigenvalue weighted by Crippen LogP contribution is 2.68. The van der Waals surface area contributed by atoms with Gasteiger partial charge in [-0.1, -0.05) is 64.4 Å². The first-order chi connectivity index (χ1) is 20.0. The summed E-state index contributed by atoms with van der Waals surface area (Å²) in [6.07, 6.45) is 8.62. The maximum absolute atomic E-state index is 14.7. The summed E-state index contributed by atoms with van der Waals surface area (Å²) in [6, 6.07) is 9.50. The summed E-state index contributed by atoms with van der Waals surface area (Å²) < 4.78 is 50.2. The molecule has 0 unspecified atom stereocenters. The average molecular weight is 621 g/mol. The van der Waals surface area contributed by atoms with Gasteiger partial charge in [0.15, 0.2) is 0 Å². The molecule has 2 nitrogen and oxygen atoms in total. The van der Waals surface area contributed by atoms with Crippen LogP contribution in [0.25, 0.3) is 0 Å². The molecule has 0 spiro atoms. The zero-order chi connectivity index (χ0) is 31.5. The molecule has 1 aromatic carbocycles. The lowest BCUT2D eigenvalue weighted by molar-refractivity contribution is -0.248. The molecule has 0 aliphatic heterocycles. The van der Waals surface area contributed by atoms with Crippen molar-refractivity contribution < 1.29 is 22.7 Å². The summed E-state index contributed by atoms with van der Waals surface area (Å²) in [7, 11) is -2.76. The number of hydrogen-bond donors (Lipinski definition) is 1. The first-order valence-corrected chi connectivity index (χ1v) is 20.4. The Hall–Kier alpha value is -0.853. The van der Waals surface area contributed by atoms with Crippen molar-refractivity contribution in [2.75, 3.05) is 0 Å². The molecule has 1 N–H and O–H groups in total. The van der Waals surface area contributed by atoms with Gasteiger partial charge in [-0.15, -0.1) is 0 Å². The van der Waals surface area contributed by atoms with Crippen molar-refractivity contribution in [3.8, 4) is 0 Å². The molecule has 0 saturated heterocycles. The van der Waals surface area contributed by atoms with Crippen molar-refractivity contribution >= 4 is 13.5 Å². The average Bonchev–Trinajstić information content (AvgIpc) is 3.23. The Balaban J connectivity index is 1.28. The fourth-order valence-corrected chi connectivity index (χ4v) is 13.8. The van der Waals surface area contributed by atoms with E-state index in [0.717, 1.165) is 49.1 Å². The molecule has 0 aromatic heterocycles. The molecular formula is C37H59F3O2Si. The van der Waals surface area contributed by atoms with Gasteiger partial charge in [0, 0.05) is 0 Å². The molecule has 0 amide bonds. The summed E-state index contributed by atoms with van der Waals surface area (Å²) in [4.78, 5) is 0. The normalized spacial score (nSPS) is 40.5. The monoisotopic (exact) mass is 620 g/mol. The summed E-state index contributed by atoms with van der Waals surface area (Å²) in [5.41, 5.74) is -2.10. The smallest absolute Gasteiger partial charge is 0.399 e. The second kappa shape index (κ2) is 11.7. The van der Waals surface area contributed by atoms with Crippen LogP contribution < -0.4 is 5.19 Å². The van der Waals surface area contributed by atoms with Gasteiger partial charge in [-0.05, 0) is 149 Å². The third-order valence-corrected chi connectivity index (χ3v) is 16.8. The fraction of sp³-hybridized carbons (Fsp3) is 0.838. The maximum Gasteiger partial charge on any atom is 0.416 e. The van der Waals surface area contributed by atoms with Crippen molar-refractivity contribution in [2.24, 2.45) is 46.3 Å². The fourth-order valence-electron chi connectivity index (χ4n) is 11.3. The molecule has 0 radical (unpaired) electrons. The first kappa shape index (κ1) is 33.5. The standard InChI is InChI=1S/C37H59F3O2Si/c1-8-36(41)22-12-21-33(3)27(25-36)15-16-29-31-18-17-30(34(31,4)23-20-32(29)33)26(2)19-24-35(5,37(38,39)40)42-43(6,7)28-13-10-9-11-14-28/h9-11,13-14,26-27,29-32,41H,8,12,15-25H2,1-7H3/t26-,27+,29+,30-,31+,32+,33+,34-,35-,36-/m1/s1. The van der Waals surface area contributed by atoms with E-state index in [1.807, 2.05) is 43.4 Å². The first-order valence-electron chi connectivity index (χ1n) is 17.5. The van der Waals surface area contributed by atoms with E-state index in [1.54, 1.807) is 0 Å². The number of benzene rings is 1. The van der Waals surface area contributed by atoms with Crippen molar-refractivity contribution in [1.82, 2.24) is 0 Å². The number of alkyl halides is 3. The molecule has 43 heavy (non-hydrogen) atoms. The minimum absolute atomic E-state index is 0.0182. The summed E-state index contributed by atoms with van der Waals surface area (Å²) in [5, 5.41) is 12.2. The second-order valence-electron chi connectivity index (χ2n) is 16.7. The van der Waals surface area contributed by atoms with Crippen LogP contribution in [0.4, 0.5) is 13.2 Å². The number of hydrogen-bond acceptors (Lipinski definition) is 2. The van der Waals surface area contributed by atoms with Gasteiger partial charge in [-0.2, -0.15) is 13.2 Å². The summed E-state index contributed by atoms with van der Waals surface area (Å²) >= 11 is 0. The van der Waals surface area contributed by atoms with E-state index in [4.69, 9.17) is 4.43 Å². The molecule has 4 aliphatic rings. The Morgan fingerprint density at radius 2 is 1.63 bits per heavy atom. The van der Waals surface area contributed by atoms with Crippen LogP contribution in [0.2, 0.25) is 13.1 Å². The molecule has 244 valence electrons. The quantitative estimate of drug-likeness (QED) is 0.293. The van der Waals surface area contributed by atoms with Gasteiger partial charge in [-0.25, -0.2) is 0 Å². The van der Waals surface area contributed by atoms with Crippen LogP contribution in [-0.4, -0.2) is 30.8 Å². The van der Waals surface area contributed by atoms with Crippen molar-refractivity contribution in [2.45, 2.75) is 149 Å². The number of fused-ring (bicyclic) bond motifs is 5. The number of aliphatic hydroxyl groups is 1. The van der Waals surface area contributed by atoms with Crippen LogP contribution in [-0.2, 0) is 4.43 Å². The Labute approximate surface area is 261 Å². The Morgan fingerprint density at radius 1 is 0.953 bits per heavy atom. The third kappa shape index (κ3) is 6.04. The summed E-state index contributed by atoms with van der Waals surface area (Å²) in [5.74, 6) is 3.46. The van der Waals surface area contributed by atoms with Crippen LogP contribution in [0.1, 0.15) is 118 Å². The van der Waals surface area contributed by atoms with Gasteiger partial charge < -0.3 is 9.53 Å². The maximum atomic E-state index is 14.7. The van der Waals surface area contributed by atoms with Crippen LogP contribution in [0.3, 0.4) is 0 Å². The highest BCUT2D eigenvalue weighted by molar-refractivity contribution is 6.84. The highest BCUT2D eigenvalue weighted by Gasteiger charge is 2.61. The van der Waals surface area contributed by atoms with Gasteiger partial charge in [0.05, 0.1) is 5.60 Å². The van der Waals surface area contributed by atoms with E-state index in [1.165, 1.54) is 45.4 Å². The van der Waals surface area contributed by atoms with Crippen molar-refractivity contribution in [3.63, 3.8) is 0 Å². The Kier molecular flexibility index (Phi) is 9.15. The predicted octanol–water partition coefficient (Wildman–Crippen LogP) is 10.0. The van der Waals surface area contributed by atoms with Crippen LogP contribution in [0, 0.1) is 46.3 Å². The summed E-state index contributed by atoms with van der Waals surface area (Å²) in [6.45, 7) is 14.5. The lowest BCUT2D eigenvalue weighted by Crippen LogP contribution is -2.57. The van der Waals surface area contributed by atoms with Crippen molar-refractivity contribution in [1.29, 1.82) is 0 Å². The van der Waals surface area contributed by atoms with Gasteiger partial charge >= 0.3 is 6.18 Å². The van der Waals surface area contributed by atoms with Crippen LogP contribution in [0.5, 0.6) is 0 Å². The van der Waals surface area contributed by atoms with E-state index < -0.39 is 25.7 Å². The number of halogens is 3. The highest BCUT2D eigenvalue weighted by atomic mass is 28.4. The zero-order valence-corrected chi connectivity index (χ0v) is 29.0. The van der Waals surface area contributed by atoms with Gasteiger partial charge in [-0.3, -0.25) is 0 Å². The molecular weight excluding hydrogens is 561 g/mol. The number of rotatable bonds is 8. The third-order valence-electron chi connectivity index (χ3n) is 14.1. The van der Waals surface area contributed by atoms with E-state index in [9.17, 15) is 18.3 Å². The second-order valence-corrected chi connectivity index (χ2v) is 20.5. The van der Waals surface area contributed by atoms with Gasteiger partial charge in [0.25, 0.3) is 0 Å². The molecule has 0 bridgehead atoms. The lowest BCUT2D eigenvalue weighted by atomic mass is 9.45. The zero-order valence-electron chi connectivity index (χ0n) is 28.0. The lowest BCUT2D eigenvalue weighted by Gasteiger charge is -2.59. The molecule has 4 fully saturated rings. The minimum Gasteiger partial charge on any atom is -0.399 e. The van der Waals surface area contributed by atoms with Crippen molar-refractivity contribution in [3.05, 3.63) is 30.3 Å². The molecule has 6 heteroatoms. The van der Waals surface area contributed by atoms with E-state index in [-0.39, 0.29) is 17.8 Å². The molecule has 4 saturated carbocycles. The molecule has 0 heterocycles. The molecule has 5 rings (SSSR count). The largest absolute Gasteiger partial charge is 0.416 e. The minimum atomic E-state index is -4.41. The van der Waals surface area contributed by atoms with E-state index in [0.29, 0.717) is 29.6 Å². The van der Waals surface area contributed by atoms with Crippen LogP contribution >= 0.6 is 0 Å². The van der Waals surface area contributed by atoms with Gasteiger partial charge in [0.1, 0.15) is 5.60 Å². The predicted molar refractivity (Wildman–Crippen MR) is 173 cm³/mol. The van der Waals surface area contributed by atoms with E-state index in [2.05, 4.69) is 27.7 Å². The molecule has 1 aromatic rings.